The molecule has 0 saturated carbocycles. The van der Waals surface area contributed by atoms with Crippen LogP contribution >= 0.6 is 23.2 Å². The number of esters is 1. The molecule has 59 heavy (non-hydrogen) atoms. The molecule has 2 aromatic rings. The van der Waals surface area contributed by atoms with Gasteiger partial charge in [-0.1, -0.05) is 42.3 Å². The van der Waals surface area contributed by atoms with Crippen LogP contribution in [0.1, 0.15) is 45.6 Å². The predicted octanol–water partition coefficient (Wildman–Crippen LogP) is 2.17. The Labute approximate surface area is 351 Å². The third kappa shape index (κ3) is 10.1. The van der Waals surface area contributed by atoms with Gasteiger partial charge in [-0.05, 0) is 82.0 Å². The fraction of sp³-hybridized carbons (Fsp3) is 0.525. The van der Waals surface area contributed by atoms with Gasteiger partial charge in [-0.2, -0.15) is 0 Å². The average molecular weight is 860 g/mol. The number of ether oxygens (including phenoxy) is 1. The molecule has 0 unspecified atom stereocenters. The van der Waals surface area contributed by atoms with Crippen LogP contribution in [0.3, 0.4) is 0 Å². The van der Waals surface area contributed by atoms with E-state index in [0.717, 1.165) is 6.07 Å². The molecule has 4 aliphatic heterocycles. The summed E-state index contributed by atoms with van der Waals surface area (Å²) in [6.45, 7) is 5.99. The topological polar surface area (TPSA) is 190 Å². The van der Waals surface area contributed by atoms with Crippen molar-refractivity contribution in [3.05, 3.63) is 63.9 Å². The van der Waals surface area contributed by atoms with Crippen LogP contribution in [-0.2, 0) is 39.9 Å². The summed E-state index contributed by atoms with van der Waals surface area (Å²) in [5.74, 6) is -4.87. The first-order valence-electron chi connectivity index (χ1n) is 19.7. The number of carbonyl (C=O) groups is 7. The van der Waals surface area contributed by atoms with Gasteiger partial charge in [-0.3, -0.25) is 24.0 Å². The van der Waals surface area contributed by atoms with Gasteiger partial charge >= 0.3 is 12.0 Å². The SMILES string of the molecule is C[C@@H]1C[C@H]2C(=O)O[C@@H](C)[C@H](NC(=O)[C@H](Cc3cccc(Cl)c3)NC(=O)Nc3ccc(Cl)cc3F)C(=O)N3CCC[C@H]3C(=O)N3CCN(C)C[C@H]3C(=O)N[C@@H](C)C(=O)N2C1. The highest BCUT2D eigenvalue weighted by atomic mass is 35.5. The molecule has 4 aliphatic rings. The number of nitrogens with zero attached hydrogens (tertiary/aromatic N) is 4. The molecule has 0 bridgehead atoms. The van der Waals surface area contributed by atoms with Crippen molar-refractivity contribution in [2.45, 2.75) is 88.8 Å². The molecule has 7 amide bonds. The summed E-state index contributed by atoms with van der Waals surface area (Å²) in [4.78, 5) is 104. The number of anilines is 1. The smallest absolute Gasteiger partial charge is 0.329 e. The lowest BCUT2D eigenvalue weighted by atomic mass is 10.0. The monoisotopic (exact) mass is 858 g/mol. The van der Waals surface area contributed by atoms with Crippen LogP contribution in [0, 0.1) is 11.7 Å². The van der Waals surface area contributed by atoms with Crippen molar-refractivity contribution in [2.24, 2.45) is 5.92 Å². The number of cyclic esters (lactones) is 1. The van der Waals surface area contributed by atoms with E-state index in [0.29, 0.717) is 23.6 Å². The first-order chi connectivity index (χ1) is 28.0. The van der Waals surface area contributed by atoms with Crippen molar-refractivity contribution in [3.63, 3.8) is 0 Å². The fourth-order valence-electron chi connectivity index (χ4n) is 8.18. The zero-order chi connectivity index (χ0) is 42.7. The standard InChI is InChI=1S/C40H49Cl2FN8O8/c1-21-15-31-39(57)59-23(3)33(47-34(52)29(17-24-7-5-8-25(41)16-24)46-40(58)45-28-11-10-26(42)18-27(28)43)38(56)49-12-6-9-30(49)37(55)50-14-13-48(4)20-32(50)35(53)44-22(2)36(54)51(31)19-21/h5,7-8,10-11,16,18,21-23,29-33H,6,9,12-15,17,19-20H2,1-4H3,(H,44,53)(H,47,52)(H2,45,46,58)/t21-,22+,23+,29+,30+,31+,32+,33+/m1/s1. The fourth-order valence-corrected chi connectivity index (χ4v) is 8.55. The Morgan fingerprint density at radius 2 is 1.61 bits per heavy atom. The van der Waals surface area contributed by atoms with Gasteiger partial charge in [0.15, 0.2) is 0 Å². The van der Waals surface area contributed by atoms with Crippen LogP contribution in [0.15, 0.2) is 42.5 Å². The van der Waals surface area contributed by atoms with Gasteiger partial charge in [0.2, 0.25) is 29.5 Å². The number of piperazine rings is 1. The summed E-state index contributed by atoms with van der Waals surface area (Å²) in [7, 11) is 1.82. The number of carbonyl (C=O) groups excluding carboxylic acids is 7. The van der Waals surface area contributed by atoms with Gasteiger partial charge in [0, 0.05) is 49.2 Å². The number of benzene rings is 2. The molecule has 8 atom stereocenters. The van der Waals surface area contributed by atoms with Crippen LogP contribution in [0.2, 0.25) is 10.0 Å². The van der Waals surface area contributed by atoms with E-state index in [1.165, 1.54) is 40.7 Å². The van der Waals surface area contributed by atoms with Gasteiger partial charge in [-0.15, -0.1) is 0 Å². The first kappa shape index (κ1) is 43.6. The Morgan fingerprint density at radius 3 is 2.34 bits per heavy atom. The van der Waals surface area contributed by atoms with Crippen molar-refractivity contribution in [2.75, 3.05) is 45.1 Å². The van der Waals surface area contributed by atoms with Crippen LogP contribution in [-0.4, -0.2) is 143 Å². The highest BCUT2D eigenvalue weighted by molar-refractivity contribution is 6.31. The molecule has 4 heterocycles. The van der Waals surface area contributed by atoms with E-state index in [9.17, 15) is 38.0 Å². The average Bonchev–Trinajstić information content (AvgIpc) is 3.84. The maximum Gasteiger partial charge on any atom is 0.329 e. The summed E-state index contributed by atoms with van der Waals surface area (Å²) < 4.78 is 20.6. The summed E-state index contributed by atoms with van der Waals surface area (Å²) in [6, 6.07) is 2.17. The molecule has 4 fully saturated rings. The van der Waals surface area contributed by atoms with E-state index < -0.39 is 89.7 Å². The summed E-state index contributed by atoms with van der Waals surface area (Å²) in [5, 5.41) is 10.8. The lowest BCUT2D eigenvalue weighted by Crippen LogP contribution is -2.65. The highest BCUT2D eigenvalue weighted by Crippen LogP contribution is 2.28. The van der Waals surface area contributed by atoms with Crippen molar-refractivity contribution in [1.29, 1.82) is 0 Å². The first-order valence-corrected chi connectivity index (χ1v) is 20.4. The summed E-state index contributed by atoms with van der Waals surface area (Å²) >= 11 is 12.1. The highest BCUT2D eigenvalue weighted by Gasteiger charge is 2.47. The molecule has 4 saturated heterocycles. The Hall–Kier alpha value is -5.00. The Bertz CT molecular complexity index is 1990. The molecule has 4 N–H and O–H groups in total. The third-order valence-electron chi connectivity index (χ3n) is 11.2. The lowest BCUT2D eigenvalue weighted by Gasteiger charge is -2.42. The normalized spacial score (nSPS) is 27.6. The minimum absolute atomic E-state index is 0.104. The predicted molar refractivity (Wildman–Crippen MR) is 215 cm³/mol. The van der Waals surface area contributed by atoms with E-state index in [4.69, 9.17) is 27.9 Å². The molecular weight excluding hydrogens is 810 g/mol. The number of hydrogen-bond acceptors (Lipinski definition) is 9. The second-order valence-electron chi connectivity index (χ2n) is 15.8. The largest absolute Gasteiger partial charge is 0.458 e. The quantitative estimate of drug-likeness (QED) is 0.316. The molecule has 318 valence electrons. The zero-order valence-corrected chi connectivity index (χ0v) is 34.7. The molecule has 0 aromatic heterocycles. The molecule has 0 spiro atoms. The van der Waals surface area contributed by atoms with Crippen LogP contribution in [0.25, 0.3) is 0 Å². The van der Waals surface area contributed by atoms with Crippen LogP contribution < -0.4 is 21.3 Å². The maximum atomic E-state index is 14.8. The minimum Gasteiger partial charge on any atom is -0.458 e. The second kappa shape index (κ2) is 18.5. The van der Waals surface area contributed by atoms with Crippen molar-refractivity contribution >= 4 is 70.4 Å². The Balaban J connectivity index is 1.34. The lowest BCUT2D eigenvalue weighted by molar-refractivity contribution is -0.163. The minimum atomic E-state index is -1.58. The number of halogens is 3. The number of rotatable bonds is 6. The molecule has 0 aliphatic carbocycles. The van der Waals surface area contributed by atoms with Gasteiger partial charge in [0.05, 0.1) is 5.69 Å². The molecule has 19 heteroatoms. The number of nitrogens with one attached hydrogen (secondary N) is 4. The molecular formula is C40H49Cl2FN8O8. The Kier molecular flexibility index (Phi) is 13.7. The Morgan fingerprint density at radius 1 is 0.881 bits per heavy atom. The van der Waals surface area contributed by atoms with Gasteiger partial charge in [0.1, 0.15) is 48.2 Å². The summed E-state index contributed by atoms with van der Waals surface area (Å²) in [6.07, 6.45) is -0.521. The van der Waals surface area contributed by atoms with Gasteiger partial charge in [0.25, 0.3) is 0 Å². The molecule has 16 nitrogen and oxygen atoms in total. The van der Waals surface area contributed by atoms with Crippen molar-refractivity contribution in [3.8, 4) is 0 Å². The van der Waals surface area contributed by atoms with E-state index >= 15 is 0 Å². The second-order valence-corrected chi connectivity index (χ2v) is 16.7. The van der Waals surface area contributed by atoms with Crippen LogP contribution in [0.5, 0.6) is 0 Å². The number of fused-ring (bicyclic) bond motifs is 3. The van der Waals surface area contributed by atoms with Gasteiger partial charge < -0.3 is 45.6 Å². The maximum absolute atomic E-state index is 14.8. The number of likely N-dealkylation sites (N-methyl/N-ethyl adjacent to an activating group) is 1. The van der Waals surface area contributed by atoms with Crippen molar-refractivity contribution in [1.82, 2.24) is 35.6 Å². The molecule has 0 radical (unpaired) electrons. The van der Waals surface area contributed by atoms with Crippen LogP contribution in [0.4, 0.5) is 14.9 Å². The molecule has 2 aromatic carbocycles. The zero-order valence-electron chi connectivity index (χ0n) is 33.2. The van der Waals surface area contributed by atoms with E-state index in [1.807, 2.05) is 18.9 Å². The van der Waals surface area contributed by atoms with Crippen molar-refractivity contribution < 1.29 is 42.7 Å². The third-order valence-corrected chi connectivity index (χ3v) is 11.7. The summed E-state index contributed by atoms with van der Waals surface area (Å²) in [5.41, 5.74) is 0.319. The molecule has 6 rings (SSSR count). The number of urea groups is 1. The van der Waals surface area contributed by atoms with Gasteiger partial charge in [-0.25, -0.2) is 14.0 Å². The number of amides is 7. The van der Waals surface area contributed by atoms with E-state index in [2.05, 4.69) is 21.3 Å². The van der Waals surface area contributed by atoms with E-state index in [-0.39, 0.29) is 62.1 Å². The number of hydrogen-bond donors (Lipinski definition) is 4. The van der Waals surface area contributed by atoms with E-state index in [1.54, 1.807) is 24.3 Å².